The van der Waals surface area contributed by atoms with Crippen LogP contribution in [-0.2, 0) is 4.79 Å². The van der Waals surface area contributed by atoms with Crippen molar-refractivity contribution in [3.8, 4) is 11.3 Å². The lowest BCUT2D eigenvalue weighted by Gasteiger charge is -2.18. The number of benzene rings is 2. The summed E-state index contributed by atoms with van der Waals surface area (Å²) < 4.78 is 50.4. The van der Waals surface area contributed by atoms with Crippen LogP contribution < -0.4 is 16.1 Å². The van der Waals surface area contributed by atoms with Crippen LogP contribution in [0, 0.1) is 29.8 Å². The fourth-order valence-corrected chi connectivity index (χ4v) is 3.78. The molecule has 2 N–H and O–H groups in total. The predicted octanol–water partition coefficient (Wildman–Crippen LogP) is 7.55. The molecule has 3 aromatic rings. The van der Waals surface area contributed by atoms with E-state index in [1.54, 1.807) is 20.8 Å². The Balaban J connectivity index is 1.98. The van der Waals surface area contributed by atoms with Gasteiger partial charge in [0.2, 0.25) is 5.91 Å². The number of nitrogens with one attached hydrogen (secondary N) is 2. The van der Waals surface area contributed by atoms with Crippen LogP contribution in [0.5, 0.6) is 0 Å². The van der Waals surface area contributed by atoms with Crippen LogP contribution in [0.25, 0.3) is 22.3 Å². The van der Waals surface area contributed by atoms with E-state index in [1.165, 1.54) is 19.1 Å². The Morgan fingerprint density at radius 2 is 1.69 bits per heavy atom. The van der Waals surface area contributed by atoms with Gasteiger partial charge >= 0.3 is 0 Å². The van der Waals surface area contributed by atoms with E-state index in [4.69, 9.17) is 4.42 Å². The third kappa shape index (κ3) is 5.91. The summed E-state index contributed by atoms with van der Waals surface area (Å²) in [6.07, 6.45) is 5.01. The van der Waals surface area contributed by atoms with Crippen molar-refractivity contribution >= 4 is 28.3 Å². The minimum absolute atomic E-state index is 0.0312. The number of unbranched alkanes of at least 4 members (excludes halogenated alkanes) is 4. The Hall–Kier alpha value is -3.29. The second-order valence-electron chi connectivity index (χ2n) is 10.0. The van der Waals surface area contributed by atoms with Crippen molar-refractivity contribution in [1.29, 1.82) is 0 Å². The van der Waals surface area contributed by atoms with Crippen LogP contribution in [0.1, 0.15) is 65.4 Å². The van der Waals surface area contributed by atoms with Crippen molar-refractivity contribution < 1.29 is 22.4 Å². The lowest BCUT2D eigenvalue weighted by Crippen LogP contribution is -2.28. The first-order chi connectivity index (χ1) is 17.0. The standard InChI is InChI=1S/C28H33F3N2O3/c1-6-7-8-9-10-13-32-25-22-20(34)15-21(36-26(22)24(31)16(2)23(25)30)17-11-12-19(18(29)14-17)33-27(35)28(3,4)5/h11-12,14-15,32H,6-10,13H2,1-5H3,(H,33,35). The third-order valence-corrected chi connectivity index (χ3v) is 6.04. The van der Waals surface area contributed by atoms with Crippen molar-refractivity contribution in [2.45, 2.75) is 66.7 Å². The highest BCUT2D eigenvalue weighted by atomic mass is 19.1. The molecule has 0 unspecified atom stereocenters. The molecule has 1 amide bonds. The molecule has 2 aromatic carbocycles. The van der Waals surface area contributed by atoms with Gasteiger partial charge in [0, 0.05) is 29.2 Å². The Labute approximate surface area is 209 Å². The van der Waals surface area contributed by atoms with Crippen LogP contribution >= 0.6 is 0 Å². The van der Waals surface area contributed by atoms with Gasteiger partial charge in [-0.1, -0.05) is 53.4 Å². The minimum Gasteiger partial charge on any atom is -0.453 e. The Morgan fingerprint density at radius 1 is 1.00 bits per heavy atom. The number of anilines is 2. The quantitative estimate of drug-likeness (QED) is 0.296. The summed E-state index contributed by atoms with van der Waals surface area (Å²) in [5.41, 5.74) is -1.99. The molecule has 194 valence electrons. The van der Waals surface area contributed by atoms with Gasteiger partial charge in [-0.05, 0) is 31.5 Å². The first-order valence-electron chi connectivity index (χ1n) is 12.3. The second kappa shape index (κ2) is 11.2. The monoisotopic (exact) mass is 502 g/mol. The molecule has 5 nitrogen and oxygen atoms in total. The maximum atomic E-state index is 15.0. The van der Waals surface area contributed by atoms with Gasteiger partial charge in [-0.2, -0.15) is 0 Å². The Kier molecular flexibility index (Phi) is 8.48. The number of carbonyl (C=O) groups is 1. The third-order valence-electron chi connectivity index (χ3n) is 6.04. The molecule has 36 heavy (non-hydrogen) atoms. The normalized spacial score (nSPS) is 11.7. The Bertz CT molecular complexity index is 1330. The van der Waals surface area contributed by atoms with E-state index in [1.807, 2.05) is 0 Å². The zero-order valence-electron chi connectivity index (χ0n) is 21.4. The molecule has 0 aliphatic rings. The highest BCUT2D eigenvalue weighted by molar-refractivity contribution is 5.95. The molecule has 0 bridgehead atoms. The molecule has 0 saturated carbocycles. The average molecular weight is 503 g/mol. The van der Waals surface area contributed by atoms with E-state index in [0.29, 0.717) is 6.54 Å². The van der Waals surface area contributed by atoms with Gasteiger partial charge in [0.1, 0.15) is 11.6 Å². The molecule has 0 fully saturated rings. The van der Waals surface area contributed by atoms with Crippen molar-refractivity contribution in [2.24, 2.45) is 5.41 Å². The second-order valence-corrected chi connectivity index (χ2v) is 10.0. The van der Waals surface area contributed by atoms with E-state index in [2.05, 4.69) is 17.6 Å². The van der Waals surface area contributed by atoms with E-state index in [9.17, 15) is 18.4 Å². The van der Waals surface area contributed by atoms with Gasteiger partial charge < -0.3 is 15.1 Å². The van der Waals surface area contributed by atoms with E-state index >= 15 is 4.39 Å². The van der Waals surface area contributed by atoms with Crippen LogP contribution in [-0.4, -0.2) is 12.5 Å². The molecular weight excluding hydrogens is 469 g/mol. The molecule has 0 radical (unpaired) electrons. The van der Waals surface area contributed by atoms with Crippen LogP contribution in [0.4, 0.5) is 24.5 Å². The van der Waals surface area contributed by atoms with Crippen molar-refractivity contribution in [2.75, 3.05) is 17.2 Å². The van der Waals surface area contributed by atoms with E-state index < -0.39 is 33.9 Å². The highest BCUT2D eigenvalue weighted by Gasteiger charge is 2.24. The zero-order chi connectivity index (χ0) is 26.6. The maximum Gasteiger partial charge on any atom is 0.229 e. The van der Waals surface area contributed by atoms with Gasteiger partial charge in [-0.25, -0.2) is 13.2 Å². The van der Waals surface area contributed by atoms with E-state index in [-0.39, 0.29) is 39.6 Å². The van der Waals surface area contributed by atoms with Crippen molar-refractivity contribution in [3.05, 3.63) is 57.5 Å². The molecule has 0 atom stereocenters. The predicted molar refractivity (Wildman–Crippen MR) is 138 cm³/mol. The molecule has 0 aliphatic carbocycles. The minimum atomic E-state index is -0.982. The number of fused-ring (bicyclic) bond motifs is 1. The molecular formula is C28H33F3N2O3. The average Bonchev–Trinajstić information content (AvgIpc) is 2.82. The van der Waals surface area contributed by atoms with Crippen molar-refractivity contribution in [1.82, 2.24) is 0 Å². The van der Waals surface area contributed by atoms with Gasteiger partial charge in [-0.15, -0.1) is 0 Å². The van der Waals surface area contributed by atoms with Crippen LogP contribution in [0.15, 0.2) is 33.5 Å². The van der Waals surface area contributed by atoms with Crippen LogP contribution in [0.2, 0.25) is 0 Å². The fraction of sp³-hybridized carbons (Fsp3) is 0.429. The summed E-state index contributed by atoms with van der Waals surface area (Å²) in [5, 5.41) is 5.25. The van der Waals surface area contributed by atoms with E-state index in [0.717, 1.165) is 44.2 Å². The number of hydrogen-bond acceptors (Lipinski definition) is 4. The first kappa shape index (κ1) is 27.3. The smallest absolute Gasteiger partial charge is 0.229 e. The van der Waals surface area contributed by atoms with Gasteiger partial charge in [-0.3, -0.25) is 9.59 Å². The molecule has 1 aromatic heterocycles. The lowest BCUT2D eigenvalue weighted by molar-refractivity contribution is -0.123. The number of halogens is 3. The topological polar surface area (TPSA) is 71.3 Å². The van der Waals surface area contributed by atoms with Gasteiger partial charge in [0.05, 0.1) is 16.8 Å². The molecule has 0 spiro atoms. The molecule has 0 saturated heterocycles. The summed E-state index contributed by atoms with van der Waals surface area (Å²) in [4.78, 5) is 25.2. The number of amides is 1. The van der Waals surface area contributed by atoms with Gasteiger partial charge in [0.25, 0.3) is 0 Å². The summed E-state index contributed by atoms with van der Waals surface area (Å²) in [6, 6.07) is 4.97. The number of carbonyl (C=O) groups excluding carboxylic acids is 1. The summed E-state index contributed by atoms with van der Waals surface area (Å²) >= 11 is 0. The molecule has 0 aliphatic heterocycles. The molecule has 3 rings (SSSR count). The van der Waals surface area contributed by atoms with Gasteiger partial charge in [0.15, 0.2) is 22.6 Å². The summed E-state index contributed by atoms with van der Waals surface area (Å²) in [7, 11) is 0. The molecule has 1 heterocycles. The highest BCUT2D eigenvalue weighted by Crippen LogP contribution is 2.34. The number of rotatable bonds is 9. The zero-order valence-corrected chi connectivity index (χ0v) is 21.4. The van der Waals surface area contributed by atoms with Crippen LogP contribution in [0.3, 0.4) is 0 Å². The van der Waals surface area contributed by atoms with Crippen molar-refractivity contribution in [3.63, 3.8) is 0 Å². The first-order valence-corrected chi connectivity index (χ1v) is 12.3. The Morgan fingerprint density at radius 3 is 2.33 bits per heavy atom. The SMILES string of the molecule is CCCCCCCNc1c(F)c(C)c(F)c2oc(-c3ccc(NC(=O)C(C)(C)C)c(F)c3)cc(=O)c12. The summed E-state index contributed by atoms with van der Waals surface area (Å²) in [5.74, 6) is -3.00. The summed E-state index contributed by atoms with van der Waals surface area (Å²) in [6.45, 7) is 8.92. The molecule has 8 heteroatoms. The largest absolute Gasteiger partial charge is 0.453 e. The fourth-order valence-electron chi connectivity index (χ4n) is 3.78. The number of hydrogen-bond donors (Lipinski definition) is 2. The lowest BCUT2D eigenvalue weighted by atomic mass is 9.95. The maximum absolute atomic E-state index is 15.0.